The number of nitrogens with zero attached hydrogens (tertiary/aromatic N) is 1. The van der Waals surface area contributed by atoms with Crippen LogP contribution in [0.15, 0.2) is 18.2 Å². The predicted molar refractivity (Wildman–Crippen MR) is 71.7 cm³/mol. The van der Waals surface area contributed by atoms with Gasteiger partial charge in [-0.2, -0.15) is 0 Å². The van der Waals surface area contributed by atoms with Gasteiger partial charge < -0.3 is 5.11 Å². The zero-order chi connectivity index (χ0) is 13.3. The van der Waals surface area contributed by atoms with E-state index in [-0.39, 0.29) is 0 Å². The van der Waals surface area contributed by atoms with Crippen molar-refractivity contribution in [3.05, 3.63) is 34.9 Å². The molecule has 1 aromatic carbocycles. The Morgan fingerprint density at radius 1 is 1.22 bits per heavy atom. The SMILES string of the molecule is Cc1ccc(C(C)(C(=O)O)N2CCCC2)cc1C. The van der Waals surface area contributed by atoms with Crippen LogP contribution in [-0.2, 0) is 10.3 Å². The number of rotatable bonds is 3. The number of hydrogen-bond acceptors (Lipinski definition) is 2. The van der Waals surface area contributed by atoms with Crippen LogP contribution in [0.1, 0.15) is 36.5 Å². The first-order chi connectivity index (χ1) is 8.46. The number of aryl methyl sites for hydroxylation is 2. The molecule has 1 unspecified atom stereocenters. The summed E-state index contributed by atoms with van der Waals surface area (Å²) in [4.78, 5) is 13.8. The maximum absolute atomic E-state index is 11.8. The van der Waals surface area contributed by atoms with Crippen LogP contribution in [0.3, 0.4) is 0 Å². The molecule has 1 saturated heterocycles. The van der Waals surface area contributed by atoms with Crippen LogP contribution in [0.4, 0.5) is 0 Å². The van der Waals surface area contributed by atoms with Gasteiger partial charge in [0, 0.05) is 0 Å². The normalized spacial score (nSPS) is 19.7. The molecule has 0 aliphatic carbocycles. The molecule has 0 bridgehead atoms. The highest BCUT2D eigenvalue weighted by atomic mass is 16.4. The predicted octanol–water partition coefficient (Wildman–Crippen LogP) is 2.70. The van der Waals surface area contributed by atoms with Crippen LogP contribution in [0.2, 0.25) is 0 Å². The lowest BCUT2D eigenvalue weighted by molar-refractivity contribution is -0.150. The average molecular weight is 247 g/mol. The fourth-order valence-electron chi connectivity index (χ4n) is 2.65. The Kier molecular flexibility index (Phi) is 3.44. The molecule has 2 rings (SSSR count). The van der Waals surface area contributed by atoms with Gasteiger partial charge >= 0.3 is 5.97 Å². The van der Waals surface area contributed by atoms with Gasteiger partial charge in [0.15, 0.2) is 0 Å². The summed E-state index contributed by atoms with van der Waals surface area (Å²) in [5, 5.41) is 9.66. The highest BCUT2D eigenvalue weighted by molar-refractivity contribution is 5.80. The summed E-state index contributed by atoms with van der Waals surface area (Å²) in [5.74, 6) is -0.757. The van der Waals surface area contributed by atoms with Crippen molar-refractivity contribution in [2.24, 2.45) is 0 Å². The van der Waals surface area contributed by atoms with Gasteiger partial charge in [-0.1, -0.05) is 18.2 Å². The molecule has 0 amide bonds. The molecule has 1 fully saturated rings. The van der Waals surface area contributed by atoms with Crippen molar-refractivity contribution in [3.63, 3.8) is 0 Å². The zero-order valence-electron chi connectivity index (χ0n) is 11.4. The van der Waals surface area contributed by atoms with Gasteiger partial charge in [0.2, 0.25) is 0 Å². The van der Waals surface area contributed by atoms with Crippen LogP contribution >= 0.6 is 0 Å². The summed E-state index contributed by atoms with van der Waals surface area (Å²) in [5.41, 5.74) is 2.35. The van der Waals surface area contributed by atoms with E-state index in [1.54, 1.807) is 0 Å². The highest BCUT2D eigenvalue weighted by Crippen LogP contribution is 2.32. The molecule has 0 saturated carbocycles. The number of carbonyl (C=O) groups is 1. The van der Waals surface area contributed by atoms with E-state index in [2.05, 4.69) is 4.90 Å². The van der Waals surface area contributed by atoms with E-state index in [4.69, 9.17) is 0 Å². The summed E-state index contributed by atoms with van der Waals surface area (Å²) < 4.78 is 0. The molecule has 0 radical (unpaired) electrons. The highest BCUT2D eigenvalue weighted by Gasteiger charge is 2.42. The second-order valence-corrected chi connectivity index (χ2v) is 5.37. The zero-order valence-corrected chi connectivity index (χ0v) is 11.4. The number of likely N-dealkylation sites (tertiary alicyclic amines) is 1. The molecule has 3 nitrogen and oxygen atoms in total. The molecule has 1 aromatic rings. The minimum Gasteiger partial charge on any atom is -0.480 e. The van der Waals surface area contributed by atoms with Crippen molar-refractivity contribution in [3.8, 4) is 0 Å². The summed E-state index contributed by atoms with van der Waals surface area (Å²) in [6.07, 6.45) is 2.18. The molecule has 3 heteroatoms. The summed E-state index contributed by atoms with van der Waals surface area (Å²) in [6.45, 7) is 7.65. The van der Waals surface area contributed by atoms with E-state index in [0.717, 1.165) is 37.1 Å². The van der Waals surface area contributed by atoms with Crippen molar-refractivity contribution < 1.29 is 9.90 Å². The Labute approximate surface area is 108 Å². The molecule has 1 heterocycles. The third-order valence-corrected chi connectivity index (χ3v) is 4.22. The Morgan fingerprint density at radius 3 is 2.33 bits per heavy atom. The molecular formula is C15H21NO2. The standard InChI is InChI=1S/C15H21NO2/c1-11-6-7-13(10-12(11)2)15(3,14(17)18)16-8-4-5-9-16/h6-7,10H,4-5,8-9H2,1-3H3,(H,17,18). The van der Waals surface area contributed by atoms with E-state index in [9.17, 15) is 9.90 Å². The Morgan fingerprint density at radius 2 is 1.83 bits per heavy atom. The van der Waals surface area contributed by atoms with Crippen molar-refractivity contribution in [1.82, 2.24) is 4.90 Å². The lowest BCUT2D eigenvalue weighted by atomic mass is 9.88. The molecule has 1 N–H and O–H groups in total. The molecular weight excluding hydrogens is 226 g/mol. The van der Waals surface area contributed by atoms with Crippen LogP contribution in [-0.4, -0.2) is 29.1 Å². The maximum Gasteiger partial charge on any atom is 0.328 e. The Hall–Kier alpha value is -1.35. The van der Waals surface area contributed by atoms with E-state index >= 15 is 0 Å². The largest absolute Gasteiger partial charge is 0.480 e. The van der Waals surface area contributed by atoms with Gasteiger partial charge in [-0.25, -0.2) is 4.79 Å². The second kappa shape index (κ2) is 4.73. The van der Waals surface area contributed by atoms with Crippen LogP contribution in [0.25, 0.3) is 0 Å². The lowest BCUT2D eigenvalue weighted by Gasteiger charge is -2.35. The minimum atomic E-state index is -0.894. The number of carboxylic acids is 1. The fraction of sp³-hybridized carbons (Fsp3) is 0.533. The number of carboxylic acid groups (broad SMARTS) is 1. The van der Waals surface area contributed by atoms with Crippen molar-refractivity contribution in [2.75, 3.05) is 13.1 Å². The van der Waals surface area contributed by atoms with E-state index in [1.165, 1.54) is 5.56 Å². The van der Waals surface area contributed by atoms with Gasteiger partial charge in [0.25, 0.3) is 0 Å². The smallest absolute Gasteiger partial charge is 0.328 e. The topological polar surface area (TPSA) is 40.5 Å². The third-order valence-electron chi connectivity index (χ3n) is 4.22. The third kappa shape index (κ3) is 2.03. The van der Waals surface area contributed by atoms with Crippen molar-refractivity contribution in [2.45, 2.75) is 39.2 Å². The number of hydrogen-bond donors (Lipinski definition) is 1. The van der Waals surface area contributed by atoms with Crippen LogP contribution < -0.4 is 0 Å². The van der Waals surface area contributed by atoms with E-state index in [0.29, 0.717) is 0 Å². The summed E-state index contributed by atoms with van der Waals surface area (Å²) in [7, 11) is 0. The van der Waals surface area contributed by atoms with Crippen molar-refractivity contribution in [1.29, 1.82) is 0 Å². The first-order valence-corrected chi connectivity index (χ1v) is 6.52. The van der Waals surface area contributed by atoms with Gasteiger partial charge in [0.05, 0.1) is 0 Å². The fourth-order valence-corrected chi connectivity index (χ4v) is 2.65. The molecule has 98 valence electrons. The van der Waals surface area contributed by atoms with Crippen molar-refractivity contribution >= 4 is 5.97 Å². The summed E-state index contributed by atoms with van der Waals surface area (Å²) >= 11 is 0. The molecule has 1 aliphatic rings. The Balaban J connectivity index is 2.46. The van der Waals surface area contributed by atoms with Gasteiger partial charge in [-0.15, -0.1) is 0 Å². The lowest BCUT2D eigenvalue weighted by Crippen LogP contribution is -2.48. The van der Waals surface area contributed by atoms with Gasteiger partial charge in [-0.3, -0.25) is 4.90 Å². The first-order valence-electron chi connectivity index (χ1n) is 6.52. The molecule has 0 aromatic heterocycles. The van der Waals surface area contributed by atoms with Gasteiger partial charge in [0.1, 0.15) is 5.54 Å². The maximum atomic E-state index is 11.8. The van der Waals surface area contributed by atoms with Gasteiger partial charge in [-0.05, 0) is 63.4 Å². The number of benzene rings is 1. The first kappa shape index (κ1) is 13.1. The summed E-state index contributed by atoms with van der Waals surface area (Å²) in [6, 6.07) is 5.98. The van der Waals surface area contributed by atoms with E-state index in [1.807, 2.05) is 39.0 Å². The molecule has 1 aliphatic heterocycles. The van der Waals surface area contributed by atoms with E-state index < -0.39 is 11.5 Å². The van der Waals surface area contributed by atoms with Crippen LogP contribution in [0.5, 0.6) is 0 Å². The van der Waals surface area contributed by atoms with Crippen LogP contribution in [0, 0.1) is 13.8 Å². The second-order valence-electron chi connectivity index (χ2n) is 5.37. The minimum absolute atomic E-state index is 0.757. The Bertz CT molecular complexity index is 464. The molecule has 0 spiro atoms. The molecule has 18 heavy (non-hydrogen) atoms. The monoisotopic (exact) mass is 247 g/mol. The average Bonchev–Trinajstić information content (AvgIpc) is 2.85. The number of aliphatic carboxylic acids is 1. The quantitative estimate of drug-likeness (QED) is 0.892. The molecule has 1 atom stereocenters.